The van der Waals surface area contributed by atoms with Crippen LogP contribution in [-0.4, -0.2) is 46.4 Å². The average molecular weight is 567 g/mol. The van der Waals surface area contributed by atoms with E-state index in [4.69, 9.17) is 4.74 Å². The van der Waals surface area contributed by atoms with Gasteiger partial charge in [0, 0.05) is 30.8 Å². The van der Waals surface area contributed by atoms with Gasteiger partial charge >= 0.3 is 0 Å². The number of likely N-dealkylation sites (tertiary alicyclic amines) is 1. The molecule has 2 saturated heterocycles. The normalized spacial score (nSPS) is 18.0. The van der Waals surface area contributed by atoms with Gasteiger partial charge in [-0.05, 0) is 62.0 Å². The van der Waals surface area contributed by atoms with E-state index in [9.17, 15) is 15.3 Å². The molecule has 0 spiro atoms. The molecule has 0 unspecified atom stereocenters. The van der Waals surface area contributed by atoms with Gasteiger partial charge in [-0.2, -0.15) is 0 Å². The Hall–Kier alpha value is -3.68. The summed E-state index contributed by atoms with van der Waals surface area (Å²) in [6.07, 6.45) is 2.74. The first-order valence-corrected chi connectivity index (χ1v) is 14.9. The number of aromatic hydroxyl groups is 1. The number of rotatable bonds is 7. The molecule has 4 aromatic carbocycles. The Labute approximate surface area is 249 Å². The van der Waals surface area contributed by atoms with Gasteiger partial charge in [0.15, 0.2) is 0 Å². The van der Waals surface area contributed by atoms with Crippen molar-refractivity contribution in [2.24, 2.45) is 0 Å². The molecule has 2 heterocycles. The Morgan fingerprint density at radius 3 is 1.79 bits per heavy atom. The van der Waals surface area contributed by atoms with Crippen LogP contribution < -0.4 is 10.1 Å². The molecule has 2 aliphatic heterocycles. The minimum Gasteiger partial charge on any atom is -0.508 e. The molecular formula is C36H42N2O4. The molecule has 0 atom stereocenters. The summed E-state index contributed by atoms with van der Waals surface area (Å²) in [7, 11) is 0. The van der Waals surface area contributed by atoms with Crippen molar-refractivity contribution in [3.05, 3.63) is 131 Å². The van der Waals surface area contributed by atoms with Crippen LogP contribution >= 0.6 is 0 Å². The summed E-state index contributed by atoms with van der Waals surface area (Å²) in [5.74, 6) is 0.974. The zero-order valence-electron chi connectivity index (χ0n) is 24.2. The van der Waals surface area contributed by atoms with Crippen LogP contribution in [0.2, 0.25) is 0 Å². The van der Waals surface area contributed by atoms with Gasteiger partial charge in [-0.1, -0.05) is 97.1 Å². The second-order valence-corrected chi connectivity index (χ2v) is 11.4. The van der Waals surface area contributed by atoms with Crippen molar-refractivity contribution in [1.29, 1.82) is 0 Å². The Morgan fingerprint density at radius 1 is 0.619 bits per heavy atom. The van der Waals surface area contributed by atoms with E-state index >= 15 is 0 Å². The number of ether oxygens (including phenoxy) is 1. The van der Waals surface area contributed by atoms with Crippen molar-refractivity contribution in [2.75, 3.05) is 26.2 Å². The van der Waals surface area contributed by atoms with E-state index in [0.29, 0.717) is 37.9 Å². The van der Waals surface area contributed by atoms with E-state index in [1.165, 1.54) is 5.56 Å². The Bertz CT molecular complexity index is 1380. The van der Waals surface area contributed by atoms with Gasteiger partial charge in [0.1, 0.15) is 18.1 Å². The fourth-order valence-electron chi connectivity index (χ4n) is 5.88. The van der Waals surface area contributed by atoms with Crippen LogP contribution in [0.1, 0.15) is 47.9 Å². The Morgan fingerprint density at radius 2 is 1.14 bits per heavy atom. The highest BCUT2D eigenvalue weighted by Gasteiger charge is 2.36. The standard InChI is InChI=1S/C25H27NO2.C11H15NO2/c27-25(15-17-26(18-16-25)19-21-9-3-1-4-10-21)23-13-7-8-14-24(23)28-20-22-11-5-2-6-12-22;13-10-4-2-1-3-9(10)11(14)5-7-12-8-6-11/h1-14,27H,15-20H2;1-4,12-14H,5-8H2. The fraction of sp³-hybridized carbons (Fsp3) is 0.333. The van der Waals surface area contributed by atoms with Crippen LogP contribution in [0, 0.1) is 0 Å². The summed E-state index contributed by atoms with van der Waals surface area (Å²) in [4.78, 5) is 2.41. The second kappa shape index (κ2) is 14.0. The summed E-state index contributed by atoms with van der Waals surface area (Å²) in [5, 5.41) is 34.6. The van der Waals surface area contributed by atoms with Crippen molar-refractivity contribution in [3.8, 4) is 11.5 Å². The predicted octanol–water partition coefficient (Wildman–Crippen LogP) is 5.71. The first-order valence-electron chi connectivity index (χ1n) is 14.9. The van der Waals surface area contributed by atoms with E-state index < -0.39 is 11.2 Å². The number of piperidine rings is 2. The van der Waals surface area contributed by atoms with Gasteiger partial charge in [0.05, 0.1) is 11.2 Å². The van der Waals surface area contributed by atoms with Crippen molar-refractivity contribution < 1.29 is 20.1 Å². The number of hydrogen-bond acceptors (Lipinski definition) is 6. The number of nitrogens with one attached hydrogen (secondary N) is 1. The highest BCUT2D eigenvalue weighted by atomic mass is 16.5. The highest BCUT2D eigenvalue weighted by Crippen LogP contribution is 2.39. The number of para-hydroxylation sites is 2. The van der Waals surface area contributed by atoms with E-state index in [2.05, 4.69) is 46.6 Å². The smallest absolute Gasteiger partial charge is 0.125 e. The quantitative estimate of drug-likeness (QED) is 0.229. The third kappa shape index (κ3) is 7.58. The van der Waals surface area contributed by atoms with Gasteiger partial charge in [0.2, 0.25) is 0 Å². The summed E-state index contributed by atoms with van der Waals surface area (Å²) >= 11 is 0. The molecular weight excluding hydrogens is 524 g/mol. The van der Waals surface area contributed by atoms with Crippen LogP contribution in [0.15, 0.2) is 109 Å². The monoisotopic (exact) mass is 566 g/mol. The zero-order chi connectivity index (χ0) is 29.3. The largest absolute Gasteiger partial charge is 0.508 e. The molecule has 6 heteroatoms. The molecule has 2 fully saturated rings. The maximum atomic E-state index is 11.4. The van der Waals surface area contributed by atoms with Gasteiger partial charge in [-0.25, -0.2) is 0 Å². The molecule has 0 saturated carbocycles. The van der Waals surface area contributed by atoms with Gasteiger partial charge in [0.25, 0.3) is 0 Å². The van der Waals surface area contributed by atoms with Crippen LogP contribution in [-0.2, 0) is 24.4 Å². The molecule has 220 valence electrons. The lowest BCUT2D eigenvalue weighted by Crippen LogP contribution is -2.42. The minimum absolute atomic E-state index is 0.192. The SMILES string of the molecule is OC1(c2ccccc2OCc2ccccc2)CCN(Cc2ccccc2)CC1.Oc1ccccc1C1(O)CCNCC1. The number of phenols is 1. The predicted molar refractivity (Wildman–Crippen MR) is 166 cm³/mol. The van der Waals surface area contributed by atoms with E-state index in [1.54, 1.807) is 18.2 Å². The van der Waals surface area contributed by atoms with E-state index in [-0.39, 0.29) is 5.75 Å². The Kier molecular flexibility index (Phi) is 9.93. The zero-order valence-corrected chi connectivity index (χ0v) is 24.2. The lowest BCUT2D eigenvalue weighted by Gasteiger charge is -2.39. The number of aliphatic hydroxyl groups is 2. The molecule has 0 aromatic heterocycles. The number of benzene rings is 4. The first kappa shape index (κ1) is 29.8. The number of hydrogen-bond donors (Lipinski definition) is 4. The molecule has 42 heavy (non-hydrogen) atoms. The third-order valence-electron chi connectivity index (χ3n) is 8.39. The topological polar surface area (TPSA) is 85.2 Å². The fourth-order valence-corrected chi connectivity index (χ4v) is 5.88. The lowest BCUT2D eigenvalue weighted by atomic mass is 9.83. The molecule has 4 N–H and O–H groups in total. The molecule has 6 rings (SSSR count). The number of phenolic OH excluding ortho intramolecular Hbond substituents is 1. The molecule has 4 aromatic rings. The maximum Gasteiger partial charge on any atom is 0.125 e. The summed E-state index contributed by atoms with van der Waals surface area (Å²) in [6.45, 7) is 4.78. The number of nitrogens with zero attached hydrogens (tertiary/aromatic N) is 1. The van der Waals surface area contributed by atoms with E-state index in [1.807, 2.05) is 54.6 Å². The molecule has 0 amide bonds. The minimum atomic E-state index is -0.851. The Balaban J connectivity index is 0.000000211. The van der Waals surface area contributed by atoms with Crippen LogP contribution in [0.3, 0.4) is 0 Å². The first-order chi connectivity index (χ1) is 20.5. The average Bonchev–Trinajstić information content (AvgIpc) is 3.03. The molecule has 0 bridgehead atoms. The maximum absolute atomic E-state index is 11.4. The van der Waals surface area contributed by atoms with Gasteiger partial charge in [-0.3, -0.25) is 4.90 Å². The van der Waals surface area contributed by atoms with Crippen molar-refractivity contribution in [2.45, 2.75) is 50.0 Å². The van der Waals surface area contributed by atoms with Crippen molar-refractivity contribution in [3.63, 3.8) is 0 Å². The second-order valence-electron chi connectivity index (χ2n) is 11.4. The molecule has 6 nitrogen and oxygen atoms in total. The summed E-state index contributed by atoms with van der Waals surface area (Å²) in [6, 6.07) is 35.6. The van der Waals surface area contributed by atoms with E-state index in [0.717, 1.165) is 49.6 Å². The molecule has 2 aliphatic rings. The highest BCUT2D eigenvalue weighted by molar-refractivity contribution is 5.39. The summed E-state index contributed by atoms with van der Waals surface area (Å²) in [5.41, 5.74) is 2.32. The molecule has 0 aliphatic carbocycles. The van der Waals surface area contributed by atoms with Crippen LogP contribution in [0.5, 0.6) is 11.5 Å². The lowest BCUT2D eigenvalue weighted by molar-refractivity contribution is -0.0297. The van der Waals surface area contributed by atoms with Crippen LogP contribution in [0.4, 0.5) is 0 Å². The van der Waals surface area contributed by atoms with Gasteiger partial charge in [-0.15, -0.1) is 0 Å². The molecule has 0 radical (unpaired) electrons. The van der Waals surface area contributed by atoms with Crippen molar-refractivity contribution >= 4 is 0 Å². The third-order valence-corrected chi connectivity index (χ3v) is 8.39. The van der Waals surface area contributed by atoms with Gasteiger partial charge < -0.3 is 25.4 Å². The van der Waals surface area contributed by atoms with Crippen molar-refractivity contribution in [1.82, 2.24) is 10.2 Å². The van der Waals surface area contributed by atoms with Crippen LogP contribution in [0.25, 0.3) is 0 Å². The summed E-state index contributed by atoms with van der Waals surface area (Å²) < 4.78 is 6.09.